The Morgan fingerprint density at radius 3 is 2.25 bits per heavy atom. The minimum Gasteiger partial charge on any atom is -0.454 e. The Hall–Kier alpha value is -3.56. The SMILES string of the molecule is Cc1cccc(NC(C)(C)N(C)C)c1C1CC[N+](Cc2ccc(Oc3cc(F)c(F)cc3F)cc2)(C(N)=O)CC1. The first-order chi connectivity index (χ1) is 18.8. The average molecular weight is 556 g/mol. The first-order valence-corrected chi connectivity index (χ1v) is 13.4. The van der Waals surface area contributed by atoms with Crippen LogP contribution in [-0.4, -0.2) is 48.3 Å². The number of amides is 2. The lowest BCUT2D eigenvalue weighted by molar-refractivity contribution is -0.868. The van der Waals surface area contributed by atoms with Crippen LogP contribution in [0.15, 0.2) is 54.6 Å². The van der Waals surface area contributed by atoms with Crippen molar-refractivity contribution in [1.82, 2.24) is 4.90 Å². The summed E-state index contributed by atoms with van der Waals surface area (Å²) in [6.45, 7) is 8.02. The van der Waals surface area contributed by atoms with Crippen molar-refractivity contribution in [1.29, 1.82) is 0 Å². The third kappa shape index (κ3) is 6.26. The van der Waals surface area contributed by atoms with Crippen LogP contribution in [-0.2, 0) is 6.54 Å². The van der Waals surface area contributed by atoms with Crippen LogP contribution in [0.25, 0.3) is 0 Å². The first kappa shape index (κ1) is 29.4. The Labute approximate surface area is 234 Å². The standard InChI is InChI=1S/C31H37F3N4O2/c1-20-7-6-8-27(36-31(2,3)37(4)5)29(20)22-13-15-38(16-14-22,30(35)39)19-21-9-11-23(12-10-21)40-28-18-25(33)24(32)17-26(28)34/h6-12,17-18,22,36H,13-16,19H2,1-5H3,(H-,35,39)/p+1. The van der Waals surface area contributed by atoms with Crippen LogP contribution in [0.1, 0.15) is 49.3 Å². The second-order valence-electron chi connectivity index (χ2n) is 11.4. The lowest BCUT2D eigenvalue weighted by Crippen LogP contribution is -2.58. The van der Waals surface area contributed by atoms with E-state index in [1.807, 2.05) is 14.1 Å². The molecule has 6 nitrogen and oxygen atoms in total. The highest BCUT2D eigenvalue weighted by molar-refractivity contribution is 5.65. The van der Waals surface area contributed by atoms with Crippen molar-refractivity contribution in [3.8, 4) is 11.5 Å². The molecule has 1 fully saturated rings. The summed E-state index contributed by atoms with van der Waals surface area (Å²) >= 11 is 0. The molecular formula is C31H38F3N4O2+. The number of ether oxygens (including phenoxy) is 1. The number of nitrogens with two attached hydrogens (primary N) is 1. The number of carbonyl (C=O) groups excluding carboxylic acids is 1. The molecule has 1 heterocycles. The lowest BCUT2D eigenvalue weighted by atomic mass is 9.84. The maximum Gasteiger partial charge on any atom is 0.414 e. The van der Waals surface area contributed by atoms with Gasteiger partial charge in [0.2, 0.25) is 0 Å². The Kier molecular flexibility index (Phi) is 8.46. The predicted octanol–water partition coefficient (Wildman–Crippen LogP) is 6.89. The molecule has 0 bridgehead atoms. The second-order valence-corrected chi connectivity index (χ2v) is 11.4. The van der Waals surface area contributed by atoms with Gasteiger partial charge in [0, 0.05) is 36.2 Å². The van der Waals surface area contributed by atoms with Crippen LogP contribution in [0.4, 0.5) is 23.7 Å². The number of rotatable bonds is 8. The van der Waals surface area contributed by atoms with E-state index in [1.54, 1.807) is 24.3 Å². The molecule has 9 heteroatoms. The molecule has 0 spiro atoms. The van der Waals surface area contributed by atoms with Gasteiger partial charge in [-0.15, -0.1) is 0 Å². The van der Waals surface area contributed by atoms with Gasteiger partial charge < -0.3 is 15.8 Å². The van der Waals surface area contributed by atoms with Crippen molar-refractivity contribution in [2.75, 3.05) is 32.5 Å². The highest BCUT2D eigenvalue weighted by atomic mass is 19.2. The van der Waals surface area contributed by atoms with Crippen LogP contribution in [0.3, 0.4) is 0 Å². The number of hydrogen-bond donors (Lipinski definition) is 2. The molecule has 4 rings (SSSR count). The maximum atomic E-state index is 14.0. The van der Waals surface area contributed by atoms with E-state index in [4.69, 9.17) is 10.5 Å². The van der Waals surface area contributed by atoms with E-state index in [2.05, 4.69) is 49.2 Å². The first-order valence-electron chi connectivity index (χ1n) is 13.4. The van der Waals surface area contributed by atoms with Crippen molar-refractivity contribution >= 4 is 11.7 Å². The van der Waals surface area contributed by atoms with Gasteiger partial charge in [0.15, 0.2) is 23.2 Å². The average Bonchev–Trinajstić information content (AvgIpc) is 2.89. The fourth-order valence-corrected chi connectivity index (χ4v) is 5.30. The summed E-state index contributed by atoms with van der Waals surface area (Å²) in [6, 6.07) is 13.8. The van der Waals surface area contributed by atoms with Gasteiger partial charge in [-0.2, -0.15) is 0 Å². The summed E-state index contributed by atoms with van der Waals surface area (Å²) in [4.78, 5) is 14.9. The van der Waals surface area contributed by atoms with E-state index in [0.29, 0.717) is 31.8 Å². The van der Waals surface area contributed by atoms with Gasteiger partial charge in [-0.1, -0.05) is 12.1 Å². The Morgan fingerprint density at radius 1 is 1.02 bits per heavy atom. The number of nitrogens with zero attached hydrogens (tertiary/aromatic N) is 2. The number of likely N-dealkylation sites (tertiary alicyclic amines) is 1. The number of urea groups is 1. The van der Waals surface area contributed by atoms with Gasteiger partial charge in [-0.05, 0) is 82.2 Å². The fourth-order valence-electron chi connectivity index (χ4n) is 5.30. The van der Waals surface area contributed by atoms with E-state index in [1.165, 1.54) is 11.1 Å². The minimum atomic E-state index is -1.28. The zero-order valence-corrected chi connectivity index (χ0v) is 23.7. The smallest absolute Gasteiger partial charge is 0.414 e. The fraction of sp³-hybridized carbons (Fsp3) is 0.387. The molecule has 0 aromatic heterocycles. The normalized spacial score (nSPS) is 19.5. The molecule has 214 valence electrons. The van der Waals surface area contributed by atoms with E-state index in [9.17, 15) is 18.0 Å². The van der Waals surface area contributed by atoms with E-state index < -0.39 is 23.2 Å². The number of halogens is 3. The summed E-state index contributed by atoms with van der Waals surface area (Å²) in [5.41, 5.74) is 10.2. The van der Waals surface area contributed by atoms with Crippen LogP contribution in [0.2, 0.25) is 0 Å². The zero-order valence-electron chi connectivity index (χ0n) is 23.7. The van der Waals surface area contributed by atoms with E-state index in [-0.39, 0.29) is 27.8 Å². The highest BCUT2D eigenvalue weighted by Gasteiger charge is 2.41. The topological polar surface area (TPSA) is 67.6 Å². The molecule has 40 heavy (non-hydrogen) atoms. The number of hydrogen-bond acceptors (Lipinski definition) is 4. The molecule has 0 atom stereocenters. The molecule has 0 radical (unpaired) electrons. The van der Waals surface area contributed by atoms with Crippen molar-refractivity contribution in [3.05, 3.63) is 88.7 Å². The van der Waals surface area contributed by atoms with Gasteiger partial charge >= 0.3 is 6.03 Å². The second kappa shape index (κ2) is 11.5. The van der Waals surface area contributed by atoms with Gasteiger partial charge in [0.05, 0.1) is 18.8 Å². The van der Waals surface area contributed by atoms with Gasteiger partial charge in [-0.25, -0.2) is 22.4 Å². The number of quaternary nitrogens is 1. The third-order valence-corrected chi connectivity index (χ3v) is 8.18. The summed E-state index contributed by atoms with van der Waals surface area (Å²) in [5.74, 6) is -3.34. The van der Waals surface area contributed by atoms with Gasteiger partial charge in [0.1, 0.15) is 12.3 Å². The number of benzene rings is 3. The molecule has 3 N–H and O–H groups in total. The third-order valence-electron chi connectivity index (χ3n) is 8.18. The van der Waals surface area contributed by atoms with Crippen molar-refractivity contribution in [2.24, 2.45) is 5.73 Å². The van der Waals surface area contributed by atoms with Crippen LogP contribution >= 0.6 is 0 Å². The van der Waals surface area contributed by atoms with Crippen LogP contribution in [0.5, 0.6) is 11.5 Å². The largest absolute Gasteiger partial charge is 0.454 e. The Bertz CT molecular complexity index is 1370. The molecular weight excluding hydrogens is 517 g/mol. The number of aryl methyl sites for hydroxylation is 1. The number of nitrogens with one attached hydrogen (secondary N) is 1. The molecule has 1 saturated heterocycles. The zero-order chi connectivity index (χ0) is 29.2. The number of primary amides is 1. The number of anilines is 1. The van der Waals surface area contributed by atoms with Crippen molar-refractivity contribution < 1.29 is 27.2 Å². The molecule has 2 amide bonds. The molecule has 3 aromatic rings. The monoisotopic (exact) mass is 555 g/mol. The summed E-state index contributed by atoms with van der Waals surface area (Å²) in [6.07, 6.45) is 1.61. The molecule has 1 aliphatic heterocycles. The molecule has 0 aliphatic carbocycles. The maximum absolute atomic E-state index is 14.0. The number of carbonyl (C=O) groups is 1. The summed E-state index contributed by atoms with van der Waals surface area (Å²) in [5, 5.41) is 3.69. The predicted molar refractivity (Wildman–Crippen MR) is 151 cm³/mol. The molecule has 0 saturated carbocycles. The minimum absolute atomic E-state index is 0.131. The molecule has 1 aliphatic rings. The van der Waals surface area contributed by atoms with Gasteiger partial charge in [-0.3, -0.25) is 4.90 Å². The van der Waals surface area contributed by atoms with Crippen LogP contribution in [0, 0.1) is 24.4 Å². The number of piperidine rings is 1. The van der Waals surface area contributed by atoms with Gasteiger partial charge in [0.25, 0.3) is 0 Å². The van der Waals surface area contributed by atoms with Crippen molar-refractivity contribution in [3.63, 3.8) is 0 Å². The molecule has 3 aromatic carbocycles. The summed E-state index contributed by atoms with van der Waals surface area (Å²) < 4.78 is 46.2. The van der Waals surface area contributed by atoms with E-state index in [0.717, 1.165) is 24.1 Å². The summed E-state index contributed by atoms with van der Waals surface area (Å²) in [7, 11) is 4.09. The van der Waals surface area contributed by atoms with Crippen LogP contribution < -0.4 is 15.8 Å². The Balaban J connectivity index is 1.48. The molecule has 0 unspecified atom stereocenters. The lowest BCUT2D eigenvalue weighted by Gasteiger charge is -2.41. The Morgan fingerprint density at radius 2 is 1.65 bits per heavy atom. The van der Waals surface area contributed by atoms with E-state index >= 15 is 0 Å². The quantitative estimate of drug-likeness (QED) is 0.181. The highest BCUT2D eigenvalue weighted by Crippen LogP contribution is 2.39. The van der Waals surface area contributed by atoms with Crippen molar-refractivity contribution in [2.45, 2.75) is 51.7 Å².